The van der Waals surface area contributed by atoms with Crippen LogP contribution in [0.1, 0.15) is 6.92 Å². The number of nitrogens with one attached hydrogen (secondary N) is 1. The minimum Gasteiger partial charge on any atom is -0.497 e. The van der Waals surface area contributed by atoms with Crippen molar-refractivity contribution >= 4 is 23.4 Å². The Morgan fingerprint density at radius 3 is 2.38 bits per heavy atom. The van der Waals surface area contributed by atoms with Crippen molar-refractivity contribution in [2.24, 2.45) is 0 Å². The van der Waals surface area contributed by atoms with E-state index in [4.69, 9.17) is 4.74 Å². The van der Waals surface area contributed by atoms with Gasteiger partial charge in [-0.1, -0.05) is 6.07 Å². The van der Waals surface area contributed by atoms with Gasteiger partial charge in [0.25, 0.3) is 0 Å². The Kier molecular flexibility index (Phi) is 6.97. The second-order valence-electron chi connectivity index (χ2n) is 6.34. The van der Waals surface area contributed by atoms with E-state index in [9.17, 15) is 14.4 Å². The third-order valence-corrected chi connectivity index (χ3v) is 4.25. The summed E-state index contributed by atoms with van der Waals surface area (Å²) in [7, 11) is 3.30. The highest BCUT2D eigenvalue weighted by molar-refractivity contribution is 5.92. The van der Waals surface area contributed by atoms with Crippen molar-refractivity contribution in [3.05, 3.63) is 24.3 Å². The van der Waals surface area contributed by atoms with Gasteiger partial charge in [0, 0.05) is 44.9 Å². The number of nitrogens with zero attached hydrogens (tertiary/aromatic N) is 3. The molecule has 0 unspecified atom stereocenters. The summed E-state index contributed by atoms with van der Waals surface area (Å²) in [5.74, 6) is 0.458. The Bertz CT molecular complexity index is 656. The fraction of sp³-hybridized carbons (Fsp3) is 0.500. The van der Waals surface area contributed by atoms with Crippen LogP contribution in [0.25, 0.3) is 0 Å². The molecule has 26 heavy (non-hydrogen) atoms. The molecule has 0 spiro atoms. The monoisotopic (exact) mass is 362 g/mol. The smallest absolute Gasteiger partial charge is 0.238 e. The lowest BCUT2D eigenvalue weighted by Crippen LogP contribution is -2.52. The summed E-state index contributed by atoms with van der Waals surface area (Å²) in [6.07, 6.45) is 0. The van der Waals surface area contributed by atoms with Crippen molar-refractivity contribution in [1.82, 2.24) is 14.7 Å². The Morgan fingerprint density at radius 1 is 1.12 bits per heavy atom. The summed E-state index contributed by atoms with van der Waals surface area (Å²) in [5.41, 5.74) is 0.648. The summed E-state index contributed by atoms with van der Waals surface area (Å²) in [6, 6.07) is 7.10. The molecule has 1 heterocycles. The fourth-order valence-corrected chi connectivity index (χ4v) is 2.80. The van der Waals surface area contributed by atoms with Crippen molar-refractivity contribution in [1.29, 1.82) is 0 Å². The van der Waals surface area contributed by atoms with Crippen LogP contribution in [0.15, 0.2) is 24.3 Å². The van der Waals surface area contributed by atoms with Crippen LogP contribution in [0.4, 0.5) is 5.69 Å². The van der Waals surface area contributed by atoms with Gasteiger partial charge >= 0.3 is 0 Å². The number of benzene rings is 1. The predicted molar refractivity (Wildman–Crippen MR) is 98.0 cm³/mol. The topological polar surface area (TPSA) is 82.2 Å². The van der Waals surface area contributed by atoms with Crippen LogP contribution < -0.4 is 10.1 Å². The fourth-order valence-electron chi connectivity index (χ4n) is 2.80. The molecule has 1 saturated heterocycles. The summed E-state index contributed by atoms with van der Waals surface area (Å²) in [6.45, 7) is 3.97. The molecule has 1 aliphatic heterocycles. The second kappa shape index (κ2) is 9.19. The van der Waals surface area contributed by atoms with E-state index < -0.39 is 0 Å². The summed E-state index contributed by atoms with van der Waals surface area (Å²) < 4.78 is 5.12. The average molecular weight is 362 g/mol. The molecule has 0 saturated carbocycles. The van der Waals surface area contributed by atoms with E-state index in [0.29, 0.717) is 37.6 Å². The first kappa shape index (κ1) is 19.7. The van der Waals surface area contributed by atoms with Gasteiger partial charge in [-0.15, -0.1) is 0 Å². The van der Waals surface area contributed by atoms with E-state index in [1.54, 1.807) is 53.1 Å². The van der Waals surface area contributed by atoms with E-state index in [1.807, 2.05) is 0 Å². The summed E-state index contributed by atoms with van der Waals surface area (Å²) in [5, 5.41) is 2.79. The minimum absolute atomic E-state index is 0.0310. The van der Waals surface area contributed by atoms with Crippen molar-refractivity contribution < 1.29 is 19.1 Å². The number of carbonyl (C=O) groups excluding carboxylic acids is 3. The highest BCUT2D eigenvalue weighted by Gasteiger charge is 2.23. The maximum Gasteiger partial charge on any atom is 0.238 e. The Morgan fingerprint density at radius 2 is 1.77 bits per heavy atom. The number of hydrogen-bond donors (Lipinski definition) is 1. The second-order valence-corrected chi connectivity index (χ2v) is 6.34. The van der Waals surface area contributed by atoms with E-state index in [0.717, 1.165) is 0 Å². The van der Waals surface area contributed by atoms with Gasteiger partial charge in [0.05, 0.1) is 20.2 Å². The zero-order valence-corrected chi connectivity index (χ0v) is 15.5. The highest BCUT2D eigenvalue weighted by atomic mass is 16.5. The Balaban J connectivity index is 1.76. The normalized spacial score (nSPS) is 14.3. The number of amides is 3. The SMILES string of the molecule is COc1cccc(NC(=O)CN(C)CC(=O)N2CCN(C(C)=O)CC2)c1. The zero-order chi connectivity index (χ0) is 19.1. The standard InChI is InChI=1S/C18H26N4O4/c1-14(23)21-7-9-22(10-8-21)18(25)13-20(2)12-17(24)19-15-5-4-6-16(11-15)26-3/h4-6,11H,7-10,12-13H2,1-3H3,(H,19,24). The average Bonchev–Trinajstić information content (AvgIpc) is 2.61. The highest BCUT2D eigenvalue weighted by Crippen LogP contribution is 2.16. The van der Waals surface area contributed by atoms with Crippen LogP contribution in [-0.4, -0.2) is 85.8 Å². The molecule has 1 N–H and O–H groups in total. The predicted octanol–water partition coefficient (Wildman–Crippen LogP) is 0.256. The molecule has 8 nitrogen and oxygen atoms in total. The molecule has 8 heteroatoms. The summed E-state index contributed by atoms with van der Waals surface area (Å²) >= 11 is 0. The quantitative estimate of drug-likeness (QED) is 0.785. The van der Waals surface area contributed by atoms with E-state index in [1.165, 1.54) is 6.92 Å². The molecular formula is C18H26N4O4. The number of anilines is 1. The van der Waals surface area contributed by atoms with E-state index in [-0.39, 0.29) is 30.8 Å². The van der Waals surface area contributed by atoms with Crippen LogP contribution in [0.2, 0.25) is 0 Å². The van der Waals surface area contributed by atoms with Crippen LogP contribution in [0.3, 0.4) is 0 Å². The molecule has 1 aromatic rings. The number of methoxy groups -OCH3 is 1. The van der Waals surface area contributed by atoms with Gasteiger partial charge in [0.1, 0.15) is 5.75 Å². The largest absolute Gasteiger partial charge is 0.497 e. The van der Waals surface area contributed by atoms with Gasteiger partial charge in [-0.05, 0) is 19.2 Å². The van der Waals surface area contributed by atoms with Gasteiger partial charge < -0.3 is 19.9 Å². The summed E-state index contributed by atoms with van der Waals surface area (Å²) in [4.78, 5) is 40.9. The van der Waals surface area contributed by atoms with E-state index in [2.05, 4.69) is 5.32 Å². The third-order valence-electron chi connectivity index (χ3n) is 4.25. The number of carbonyl (C=O) groups is 3. The van der Waals surface area contributed by atoms with Gasteiger partial charge in [0.15, 0.2) is 0 Å². The van der Waals surface area contributed by atoms with Crippen LogP contribution in [0, 0.1) is 0 Å². The maximum atomic E-state index is 12.3. The van der Waals surface area contributed by atoms with Gasteiger partial charge in [-0.3, -0.25) is 19.3 Å². The van der Waals surface area contributed by atoms with Crippen LogP contribution in [-0.2, 0) is 14.4 Å². The van der Waals surface area contributed by atoms with Crippen molar-refractivity contribution in [3.63, 3.8) is 0 Å². The van der Waals surface area contributed by atoms with Crippen LogP contribution in [0.5, 0.6) is 5.75 Å². The zero-order valence-electron chi connectivity index (χ0n) is 15.5. The van der Waals surface area contributed by atoms with Gasteiger partial charge in [-0.25, -0.2) is 0 Å². The molecule has 0 radical (unpaired) electrons. The maximum absolute atomic E-state index is 12.3. The molecule has 1 aliphatic rings. The Labute approximate surface area is 153 Å². The molecule has 3 amide bonds. The molecule has 1 aromatic carbocycles. The van der Waals surface area contributed by atoms with Crippen molar-refractivity contribution in [2.45, 2.75) is 6.92 Å². The van der Waals surface area contributed by atoms with Gasteiger partial charge in [-0.2, -0.15) is 0 Å². The molecule has 2 rings (SSSR count). The lowest BCUT2D eigenvalue weighted by Gasteiger charge is -2.35. The lowest BCUT2D eigenvalue weighted by atomic mass is 10.3. The van der Waals surface area contributed by atoms with Crippen molar-refractivity contribution in [3.8, 4) is 5.75 Å². The number of hydrogen-bond acceptors (Lipinski definition) is 5. The van der Waals surface area contributed by atoms with Crippen LogP contribution >= 0.6 is 0 Å². The van der Waals surface area contributed by atoms with Crippen molar-refractivity contribution in [2.75, 3.05) is 58.7 Å². The first-order valence-electron chi connectivity index (χ1n) is 8.55. The van der Waals surface area contributed by atoms with E-state index >= 15 is 0 Å². The molecule has 0 aliphatic carbocycles. The lowest BCUT2D eigenvalue weighted by molar-refractivity contribution is -0.139. The molecule has 0 bridgehead atoms. The molecule has 142 valence electrons. The molecule has 0 atom stereocenters. The number of rotatable bonds is 6. The number of piperazine rings is 1. The molecule has 0 aromatic heterocycles. The Hall–Kier alpha value is -2.61. The number of likely N-dealkylation sites (N-methyl/N-ethyl adjacent to an activating group) is 1. The third kappa shape index (κ3) is 5.73. The first-order chi connectivity index (χ1) is 12.4. The molecule has 1 fully saturated rings. The van der Waals surface area contributed by atoms with Gasteiger partial charge in [0.2, 0.25) is 17.7 Å². The first-order valence-corrected chi connectivity index (χ1v) is 8.55. The molecular weight excluding hydrogens is 336 g/mol. The minimum atomic E-state index is -0.199. The number of ether oxygens (including phenoxy) is 1.